The molecule has 0 saturated heterocycles. The number of Topliss-reactive ketones (excluding diaryl/α,β-unsaturated/α-hetero) is 1. The standard InChI is InChI=1S/C14H14O4/c1-9-13(14(16)17-2)11(15)8-12(18-9)10-6-4-3-5-7-10/h3-7,12H,8H2,1-2H3. The van der Waals surface area contributed by atoms with Gasteiger partial charge in [-0.15, -0.1) is 0 Å². The molecule has 1 atom stereocenters. The number of hydrogen-bond donors (Lipinski definition) is 0. The fraction of sp³-hybridized carbons (Fsp3) is 0.286. The quantitative estimate of drug-likeness (QED) is 0.592. The minimum absolute atomic E-state index is 0.0182. The van der Waals surface area contributed by atoms with Crippen LogP contribution in [-0.4, -0.2) is 18.9 Å². The van der Waals surface area contributed by atoms with Crippen LogP contribution in [0.4, 0.5) is 0 Å². The molecule has 94 valence electrons. The normalized spacial score (nSPS) is 19.4. The van der Waals surface area contributed by atoms with E-state index >= 15 is 0 Å². The van der Waals surface area contributed by atoms with Crippen molar-refractivity contribution in [2.75, 3.05) is 7.11 Å². The molecule has 18 heavy (non-hydrogen) atoms. The van der Waals surface area contributed by atoms with Gasteiger partial charge in [-0.1, -0.05) is 30.3 Å². The third-order valence-corrected chi connectivity index (χ3v) is 2.88. The van der Waals surface area contributed by atoms with Crippen molar-refractivity contribution in [2.45, 2.75) is 19.4 Å². The number of benzene rings is 1. The van der Waals surface area contributed by atoms with Crippen LogP contribution in [0.5, 0.6) is 0 Å². The van der Waals surface area contributed by atoms with Crippen molar-refractivity contribution in [3.8, 4) is 0 Å². The van der Waals surface area contributed by atoms with Gasteiger partial charge in [0.25, 0.3) is 0 Å². The number of hydrogen-bond acceptors (Lipinski definition) is 4. The van der Waals surface area contributed by atoms with Crippen LogP contribution in [0.25, 0.3) is 0 Å². The number of ether oxygens (including phenoxy) is 2. The average Bonchev–Trinajstić information content (AvgIpc) is 2.38. The second-order valence-electron chi connectivity index (χ2n) is 4.07. The van der Waals surface area contributed by atoms with Crippen molar-refractivity contribution in [1.82, 2.24) is 0 Å². The van der Waals surface area contributed by atoms with Crippen LogP contribution in [0.2, 0.25) is 0 Å². The Bertz CT molecular complexity index is 502. The molecule has 0 aromatic heterocycles. The molecule has 4 heteroatoms. The topological polar surface area (TPSA) is 52.6 Å². The van der Waals surface area contributed by atoms with Gasteiger partial charge < -0.3 is 9.47 Å². The van der Waals surface area contributed by atoms with E-state index in [0.717, 1.165) is 5.56 Å². The van der Waals surface area contributed by atoms with E-state index in [1.807, 2.05) is 30.3 Å². The monoisotopic (exact) mass is 246 g/mol. The van der Waals surface area contributed by atoms with Crippen LogP contribution in [0, 0.1) is 0 Å². The molecule has 0 saturated carbocycles. The van der Waals surface area contributed by atoms with E-state index < -0.39 is 5.97 Å². The maximum absolute atomic E-state index is 12.0. The van der Waals surface area contributed by atoms with Gasteiger partial charge in [-0.3, -0.25) is 4.79 Å². The van der Waals surface area contributed by atoms with E-state index in [9.17, 15) is 9.59 Å². The molecule has 1 aromatic carbocycles. The summed E-state index contributed by atoms with van der Waals surface area (Å²) in [5.74, 6) is -0.546. The SMILES string of the molecule is COC(=O)C1=C(C)OC(c2ccccc2)CC1=O. The van der Waals surface area contributed by atoms with E-state index in [0.29, 0.717) is 5.76 Å². The van der Waals surface area contributed by atoms with Gasteiger partial charge >= 0.3 is 5.97 Å². The number of allylic oxidation sites excluding steroid dienone is 1. The lowest BCUT2D eigenvalue weighted by atomic mass is 9.96. The lowest BCUT2D eigenvalue weighted by molar-refractivity contribution is -0.139. The van der Waals surface area contributed by atoms with Crippen LogP contribution >= 0.6 is 0 Å². The van der Waals surface area contributed by atoms with E-state index in [-0.39, 0.29) is 23.9 Å². The summed E-state index contributed by atoms with van der Waals surface area (Å²) in [5, 5.41) is 0. The fourth-order valence-electron chi connectivity index (χ4n) is 1.99. The lowest BCUT2D eigenvalue weighted by Crippen LogP contribution is -2.25. The van der Waals surface area contributed by atoms with Gasteiger partial charge in [0.15, 0.2) is 5.78 Å². The molecule has 0 radical (unpaired) electrons. The van der Waals surface area contributed by atoms with Crippen molar-refractivity contribution in [1.29, 1.82) is 0 Å². The first-order valence-electron chi connectivity index (χ1n) is 5.67. The van der Waals surface area contributed by atoms with Crippen LogP contribution in [0.3, 0.4) is 0 Å². The number of rotatable bonds is 2. The number of carbonyl (C=O) groups excluding carboxylic acids is 2. The molecule has 1 aromatic rings. The molecule has 2 rings (SSSR count). The summed E-state index contributed by atoms with van der Waals surface area (Å²) in [4.78, 5) is 23.4. The van der Waals surface area contributed by atoms with E-state index in [1.54, 1.807) is 6.92 Å². The third kappa shape index (κ3) is 2.27. The number of carbonyl (C=O) groups is 2. The minimum atomic E-state index is -0.635. The number of ketones is 1. The Morgan fingerprint density at radius 1 is 1.33 bits per heavy atom. The first-order chi connectivity index (χ1) is 8.63. The Balaban J connectivity index is 2.28. The minimum Gasteiger partial charge on any atom is -0.489 e. The maximum Gasteiger partial charge on any atom is 0.344 e. The van der Waals surface area contributed by atoms with E-state index in [4.69, 9.17) is 4.74 Å². The maximum atomic E-state index is 12.0. The van der Waals surface area contributed by atoms with Crippen molar-refractivity contribution in [2.24, 2.45) is 0 Å². The van der Waals surface area contributed by atoms with Crippen LogP contribution in [0.1, 0.15) is 25.0 Å². The molecule has 0 fully saturated rings. The lowest BCUT2D eigenvalue weighted by Gasteiger charge is -2.25. The Morgan fingerprint density at radius 3 is 2.56 bits per heavy atom. The smallest absolute Gasteiger partial charge is 0.344 e. The molecule has 4 nitrogen and oxygen atoms in total. The van der Waals surface area contributed by atoms with Gasteiger partial charge in [-0.2, -0.15) is 0 Å². The zero-order valence-corrected chi connectivity index (χ0v) is 10.3. The number of esters is 1. The highest BCUT2D eigenvalue weighted by Crippen LogP contribution is 2.31. The van der Waals surface area contributed by atoms with Crippen LogP contribution in [-0.2, 0) is 19.1 Å². The molecular weight excluding hydrogens is 232 g/mol. The molecule has 1 aliphatic heterocycles. The molecule has 0 bridgehead atoms. The Labute approximate surface area is 105 Å². The highest BCUT2D eigenvalue weighted by atomic mass is 16.5. The summed E-state index contributed by atoms with van der Waals surface area (Å²) >= 11 is 0. The average molecular weight is 246 g/mol. The van der Waals surface area contributed by atoms with Crippen LogP contribution in [0.15, 0.2) is 41.7 Å². The van der Waals surface area contributed by atoms with Crippen molar-refractivity contribution < 1.29 is 19.1 Å². The predicted molar refractivity (Wildman–Crippen MR) is 64.6 cm³/mol. The number of methoxy groups -OCH3 is 1. The highest BCUT2D eigenvalue weighted by molar-refractivity contribution is 6.18. The van der Waals surface area contributed by atoms with Gasteiger partial charge in [0.2, 0.25) is 0 Å². The van der Waals surface area contributed by atoms with Gasteiger partial charge in [-0.05, 0) is 12.5 Å². The molecule has 0 spiro atoms. The largest absolute Gasteiger partial charge is 0.489 e. The Hall–Kier alpha value is -2.10. The second-order valence-corrected chi connectivity index (χ2v) is 4.07. The molecule has 0 aliphatic carbocycles. The summed E-state index contributed by atoms with van der Waals surface area (Å²) in [6.45, 7) is 1.61. The molecule has 1 unspecified atom stereocenters. The van der Waals surface area contributed by atoms with Crippen LogP contribution < -0.4 is 0 Å². The van der Waals surface area contributed by atoms with E-state index in [2.05, 4.69) is 4.74 Å². The first-order valence-corrected chi connectivity index (χ1v) is 5.67. The van der Waals surface area contributed by atoms with E-state index in [1.165, 1.54) is 7.11 Å². The van der Waals surface area contributed by atoms with Gasteiger partial charge in [0, 0.05) is 0 Å². The summed E-state index contributed by atoms with van der Waals surface area (Å²) in [5.41, 5.74) is 0.943. The van der Waals surface area contributed by atoms with Crippen molar-refractivity contribution in [3.63, 3.8) is 0 Å². The summed E-state index contributed by atoms with van der Waals surface area (Å²) in [6.07, 6.45) is -0.168. The molecule has 0 N–H and O–H groups in total. The summed E-state index contributed by atoms with van der Waals surface area (Å²) < 4.78 is 10.2. The summed E-state index contributed by atoms with van der Waals surface area (Å²) in [7, 11) is 1.25. The molecule has 1 aliphatic rings. The molecule has 0 amide bonds. The Kier molecular flexibility index (Phi) is 3.46. The first kappa shape index (κ1) is 12.4. The van der Waals surface area contributed by atoms with Gasteiger partial charge in [0.05, 0.1) is 13.5 Å². The zero-order chi connectivity index (χ0) is 13.1. The second kappa shape index (κ2) is 5.04. The third-order valence-electron chi connectivity index (χ3n) is 2.88. The fourth-order valence-corrected chi connectivity index (χ4v) is 1.99. The van der Waals surface area contributed by atoms with Gasteiger partial charge in [-0.25, -0.2) is 4.79 Å². The molecular formula is C14H14O4. The zero-order valence-electron chi connectivity index (χ0n) is 10.3. The van der Waals surface area contributed by atoms with Crippen molar-refractivity contribution in [3.05, 3.63) is 47.2 Å². The van der Waals surface area contributed by atoms with Crippen molar-refractivity contribution >= 4 is 11.8 Å². The van der Waals surface area contributed by atoms with Gasteiger partial charge in [0.1, 0.15) is 17.4 Å². The molecule has 1 heterocycles. The highest BCUT2D eigenvalue weighted by Gasteiger charge is 2.32. The Morgan fingerprint density at radius 2 is 2.00 bits per heavy atom. The summed E-state index contributed by atoms with van der Waals surface area (Å²) in [6, 6.07) is 9.47. The predicted octanol–water partition coefficient (Wildman–Crippen LogP) is 2.16.